The first-order valence-electron chi connectivity index (χ1n) is 6.14. The first-order valence-corrected chi connectivity index (χ1v) is 6.14. The van der Waals surface area contributed by atoms with Gasteiger partial charge in [0.15, 0.2) is 5.78 Å². The largest absolute Gasteiger partial charge is 0.372 e. The van der Waals surface area contributed by atoms with Crippen LogP contribution in [0.5, 0.6) is 0 Å². The standard InChI is InChI=1S/C12H22O4/c1-4-14-11-9-7-8-10(13)12(11,15-5-2)16-6-3/h11H,4-9H2,1-3H3. The van der Waals surface area contributed by atoms with Gasteiger partial charge in [0, 0.05) is 26.2 Å². The Labute approximate surface area is 97.2 Å². The molecule has 1 unspecified atom stereocenters. The van der Waals surface area contributed by atoms with Gasteiger partial charge in [-0.15, -0.1) is 0 Å². The first kappa shape index (κ1) is 13.6. The predicted molar refractivity (Wildman–Crippen MR) is 60.3 cm³/mol. The van der Waals surface area contributed by atoms with E-state index in [0.29, 0.717) is 26.2 Å². The lowest BCUT2D eigenvalue weighted by Gasteiger charge is -2.40. The zero-order chi connectivity index (χ0) is 12.0. The van der Waals surface area contributed by atoms with E-state index >= 15 is 0 Å². The summed E-state index contributed by atoms with van der Waals surface area (Å²) in [6, 6.07) is 0. The fraction of sp³-hybridized carbons (Fsp3) is 0.917. The van der Waals surface area contributed by atoms with Crippen molar-refractivity contribution >= 4 is 5.78 Å². The van der Waals surface area contributed by atoms with E-state index in [9.17, 15) is 4.79 Å². The monoisotopic (exact) mass is 230 g/mol. The van der Waals surface area contributed by atoms with Crippen molar-refractivity contribution in [3.8, 4) is 0 Å². The SMILES string of the molecule is CCOC1CCCC(=O)C1(OCC)OCC. The zero-order valence-electron chi connectivity index (χ0n) is 10.5. The van der Waals surface area contributed by atoms with Crippen LogP contribution >= 0.6 is 0 Å². The van der Waals surface area contributed by atoms with Gasteiger partial charge >= 0.3 is 0 Å². The molecule has 0 aromatic heterocycles. The maximum absolute atomic E-state index is 12.1. The summed E-state index contributed by atoms with van der Waals surface area (Å²) in [6.45, 7) is 7.13. The molecule has 0 N–H and O–H groups in total. The van der Waals surface area contributed by atoms with Crippen LogP contribution in [0, 0.1) is 0 Å². The fourth-order valence-electron chi connectivity index (χ4n) is 2.20. The van der Waals surface area contributed by atoms with Crippen molar-refractivity contribution in [2.75, 3.05) is 19.8 Å². The number of hydrogen-bond acceptors (Lipinski definition) is 4. The van der Waals surface area contributed by atoms with E-state index in [0.717, 1.165) is 12.8 Å². The van der Waals surface area contributed by atoms with Crippen LogP contribution in [0.2, 0.25) is 0 Å². The minimum Gasteiger partial charge on any atom is -0.372 e. The number of carbonyl (C=O) groups excluding carboxylic acids is 1. The summed E-state index contributed by atoms with van der Waals surface area (Å²) in [5.41, 5.74) is 0. The lowest BCUT2D eigenvalue weighted by molar-refractivity contribution is -0.277. The van der Waals surface area contributed by atoms with E-state index in [4.69, 9.17) is 14.2 Å². The molecule has 4 heteroatoms. The molecule has 1 aliphatic rings. The summed E-state index contributed by atoms with van der Waals surface area (Å²) >= 11 is 0. The molecule has 0 aromatic rings. The van der Waals surface area contributed by atoms with Gasteiger partial charge < -0.3 is 14.2 Å². The molecule has 4 nitrogen and oxygen atoms in total. The van der Waals surface area contributed by atoms with Gasteiger partial charge in [0.25, 0.3) is 5.79 Å². The second kappa shape index (κ2) is 6.33. The van der Waals surface area contributed by atoms with Gasteiger partial charge in [0.2, 0.25) is 0 Å². The summed E-state index contributed by atoms with van der Waals surface area (Å²) in [7, 11) is 0. The summed E-state index contributed by atoms with van der Waals surface area (Å²) < 4.78 is 16.8. The smallest absolute Gasteiger partial charge is 0.256 e. The molecule has 1 atom stereocenters. The molecule has 0 aliphatic heterocycles. The number of Topliss-reactive ketones (excluding diaryl/α,β-unsaturated/α-hetero) is 1. The minimum absolute atomic E-state index is 0.0147. The second-order valence-corrected chi connectivity index (χ2v) is 3.79. The Morgan fingerprint density at radius 3 is 2.31 bits per heavy atom. The Hall–Kier alpha value is -0.450. The highest BCUT2D eigenvalue weighted by molar-refractivity contribution is 5.87. The molecule has 94 valence electrons. The van der Waals surface area contributed by atoms with Crippen LogP contribution in [-0.2, 0) is 19.0 Å². The Bertz CT molecular complexity index is 219. The highest BCUT2D eigenvalue weighted by atomic mass is 16.7. The van der Waals surface area contributed by atoms with E-state index < -0.39 is 5.79 Å². The predicted octanol–water partition coefficient (Wildman–Crippen LogP) is 1.91. The maximum Gasteiger partial charge on any atom is 0.256 e. The molecule has 0 aromatic carbocycles. The van der Waals surface area contributed by atoms with E-state index in [-0.39, 0.29) is 11.9 Å². The van der Waals surface area contributed by atoms with Crippen LogP contribution < -0.4 is 0 Å². The molecule has 0 saturated heterocycles. The third-order valence-electron chi connectivity index (χ3n) is 2.77. The molecule has 1 rings (SSSR count). The van der Waals surface area contributed by atoms with Crippen LogP contribution in [0.3, 0.4) is 0 Å². The van der Waals surface area contributed by atoms with Gasteiger partial charge in [-0.05, 0) is 33.6 Å². The minimum atomic E-state index is -1.15. The Morgan fingerprint density at radius 1 is 1.19 bits per heavy atom. The van der Waals surface area contributed by atoms with Gasteiger partial charge in [0.05, 0.1) is 0 Å². The van der Waals surface area contributed by atoms with Crippen LogP contribution in [0.25, 0.3) is 0 Å². The van der Waals surface area contributed by atoms with Gasteiger partial charge in [-0.1, -0.05) is 0 Å². The summed E-state index contributed by atoms with van der Waals surface area (Å²) in [5, 5.41) is 0. The van der Waals surface area contributed by atoms with Gasteiger partial charge in [0.1, 0.15) is 6.10 Å². The van der Waals surface area contributed by atoms with Crippen molar-refractivity contribution in [3.05, 3.63) is 0 Å². The topological polar surface area (TPSA) is 44.8 Å². The van der Waals surface area contributed by atoms with E-state index in [1.807, 2.05) is 20.8 Å². The number of ketones is 1. The van der Waals surface area contributed by atoms with Gasteiger partial charge in [-0.2, -0.15) is 0 Å². The Balaban J connectivity index is 2.88. The molecule has 0 amide bonds. The lowest BCUT2D eigenvalue weighted by Crippen LogP contribution is -2.57. The van der Waals surface area contributed by atoms with Crippen molar-refractivity contribution in [2.24, 2.45) is 0 Å². The Kier molecular flexibility index (Phi) is 5.38. The van der Waals surface area contributed by atoms with E-state index in [2.05, 4.69) is 0 Å². The Morgan fingerprint density at radius 2 is 1.81 bits per heavy atom. The number of ether oxygens (including phenoxy) is 3. The van der Waals surface area contributed by atoms with Crippen LogP contribution in [-0.4, -0.2) is 37.5 Å². The van der Waals surface area contributed by atoms with Crippen molar-refractivity contribution in [1.82, 2.24) is 0 Å². The quantitative estimate of drug-likeness (QED) is 0.654. The molecule has 0 spiro atoms. The number of carbonyl (C=O) groups is 1. The van der Waals surface area contributed by atoms with E-state index in [1.54, 1.807) is 0 Å². The first-order chi connectivity index (χ1) is 7.71. The molecular formula is C12H22O4. The highest BCUT2D eigenvalue weighted by Crippen LogP contribution is 2.32. The highest BCUT2D eigenvalue weighted by Gasteiger charge is 2.50. The van der Waals surface area contributed by atoms with E-state index in [1.165, 1.54) is 0 Å². The van der Waals surface area contributed by atoms with Gasteiger partial charge in [-0.3, -0.25) is 4.79 Å². The molecule has 1 aliphatic carbocycles. The summed E-state index contributed by atoms with van der Waals surface area (Å²) in [4.78, 5) is 12.1. The number of rotatable bonds is 6. The molecule has 1 saturated carbocycles. The molecule has 0 bridgehead atoms. The third-order valence-corrected chi connectivity index (χ3v) is 2.77. The third kappa shape index (κ3) is 2.62. The van der Waals surface area contributed by atoms with Crippen molar-refractivity contribution in [1.29, 1.82) is 0 Å². The molecular weight excluding hydrogens is 208 g/mol. The zero-order valence-corrected chi connectivity index (χ0v) is 10.5. The van der Waals surface area contributed by atoms with Crippen molar-refractivity contribution in [2.45, 2.75) is 51.9 Å². The van der Waals surface area contributed by atoms with Crippen LogP contribution in [0.15, 0.2) is 0 Å². The fourth-order valence-corrected chi connectivity index (χ4v) is 2.20. The average molecular weight is 230 g/mol. The van der Waals surface area contributed by atoms with Crippen molar-refractivity contribution < 1.29 is 19.0 Å². The summed E-state index contributed by atoms with van der Waals surface area (Å²) in [5.74, 6) is -1.14. The number of hydrogen-bond donors (Lipinski definition) is 0. The molecule has 0 radical (unpaired) electrons. The normalized spacial score (nSPS) is 24.7. The van der Waals surface area contributed by atoms with Crippen LogP contribution in [0.1, 0.15) is 40.0 Å². The van der Waals surface area contributed by atoms with Gasteiger partial charge in [-0.25, -0.2) is 0 Å². The molecule has 16 heavy (non-hydrogen) atoms. The lowest BCUT2D eigenvalue weighted by atomic mass is 9.89. The molecule has 0 heterocycles. The van der Waals surface area contributed by atoms with Crippen LogP contribution in [0.4, 0.5) is 0 Å². The second-order valence-electron chi connectivity index (χ2n) is 3.79. The summed E-state index contributed by atoms with van der Waals surface area (Å²) in [6.07, 6.45) is 1.92. The average Bonchev–Trinajstić information content (AvgIpc) is 2.26. The maximum atomic E-state index is 12.1. The molecule has 1 fully saturated rings. The van der Waals surface area contributed by atoms with Crippen molar-refractivity contribution in [3.63, 3.8) is 0 Å².